The van der Waals surface area contributed by atoms with Crippen molar-refractivity contribution in [3.05, 3.63) is 34.3 Å². The van der Waals surface area contributed by atoms with Gasteiger partial charge in [0.25, 0.3) is 5.91 Å². The first kappa shape index (κ1) is 20.4. The van der Waals surface area contributed by atoms with Crippen LogP contribution in [0.3, 0.4) is 0 Å². The Balaban J connectivity index is 1.59. The van der Waals surface area contributed by atoms with Crippen LogP contribution >= 0.6 is 15.9 Å². The molecule has 0 atom stereocenters. The van der Waals surface area contributed by atoms with Gasteiger partial charge in [0.1, 0.15) is 0 Å². The van der Waals surface area contributed by atoms with Crippen LogP contribution < -0.4 is 10.6 Å². The quantitative estimate of drug-likeness (QED) is 0.706. The highest BCUT2D eigenvalue weighted by atomic mass is 79.9. The number of carbonyl (C=O) groups excluding carboxylic acids is 3. The molecule has 3 amide bonds. The Labute approximate surface area is 162 Å². The first-order valence-corrected chi connectivity index (χ1v) is 9.94. The summed E-state index contributed by atoms with van der Waals surface area (Å²) in [6.07, 6.45) is 5.03. The fraction of sp³-hybridized carbons (Fsp3) is 0.526. The van der Waals surface area contributed by atoms with Crippen molar-refractivity contribution in [2.24, 2.45) is 0 Å². The molecule has 1 aromatic carbocycles. The number of hydrogen-bond acceptors (Lipinski definition) is 3. The smallest absolute Gasteiger partial charge is 0.251 e. The molecule has 1 fully saturated rings. The Morgan fingerprint density at radius 2 is 1.50 bits per heavy atom. The normalized spacial score (nSPS) is 14.4. The highest BCUT2D eigenvalue weighted by Gasteiger charge is 2.15. The first-order valence-electron chi connectivity index (χ1n) is 9.14. The average molecular weight is 424 g/mol. The maximum atomic E-state index is 12.1. The van der Waals surface area contributed by atoms with Crippen molar-refractivity contribution in [2.75, 3.05) is 26.2 Å². The minimum Gasteiger partial charge on any atom is -0.356 e. The summed E-state index contributed by atoms with van der Waals surface area (Å²) in [7, 11) is 0. The van der Waals surface area contributed by atoms with Crippen LogP contribution in [-0.2, 0) is 9.59 Å². The SMILES string of the molecule is O=C(CCNC(=O)c1ccc(Br)cc1)NCCC(=O)N1CCCCCC1. The summed E-state index contributed by atoms with van der Waals surface area (Å²) in [6, 6.07) is 7.02. The van der Waals surface area contributed by atoms with Crippen LogP contribution in [0, 0.1) is 0 Å². The van der Waals surface area contributed by atoms with Crippen LogP contribution in [0.2, 0.25) is 0 Å². The van der Waals surface area contributed by atoms with Gasteiger partial charge in [0.15, 0.2) is 0 Å². The predicted octanol–water partition coefficient (Wildman–Crippen LogP) is 2.48. The fourth-order valence-electron chi connectivity index (χ4n) is 2.87. The van der Waals surface area contributed by atoms with Crippen molar-refractivity contribution in [3.8, 4) is 0 Å². The summed E-state index contributed by atoms with van der Waals surface area (Å²) >= 11 is 3.32. The minimum atomic E-state index is -0.207. The van der Waals surface area contributed by atoms with Crippen molar-refractivity contribution in [2.45, 2.75) is 38.5 Å². The summed E-state index contributed by atoms with van der Waals surface area (Å²) < 4.78 is 0.906. The van der Waals surface area contributed by atoms with Crippen LogP contribution in [0.1, 0.15) is 48.9 Å². The van der Waals surface area contributed by atoms with E-state index in [2.05, 4.69) is 26.6 Å². The van der Waals surface area contributed by atoms with Crippen LogP contribution in [0.15, 0.2) is 28.7 Å². The molecular formula is C19H26BrN3O3. The molecule has 142 valence electrons. The Bertz CT molecular complexity index is 611. The van der Waals surface area contributed by atoms with Gasteiger partial charge in [0.05, 0.1) is 0 Å². The second-order valence-corrected chi connectivity index (χ2v) is 7.32. The van der Waals surface area contributed by atoms with E-state index >= 15 is 0 Å². The van der Waals surface area contributed by atoms with Gasteiger partial charge < -0.3 is 15.5 Å². The maximum absolute atomic E-state index is 12.1. The van der Waals surface area contributed by atoms with Crippen LogP contribution in [-0.4, -0.2) is 48.8 Å². The molecule has 1 saturated heterocycles. The molecule has 2 N–H and O–H groups in total. The molecule has 0 bridgehead atoms. The molecule has 1 heterocycles. The third-order valence-electron chi connectivity index (χ3n) is 4.36. The molecule has 1 aliphatic rings. The van der Waals surface area contributed by atoms with Crippen molar-refractivity contribution in [3.63, 3.8) is 0 Å². The third-order valence-corrected chi connectivity index (χ3v) is 4.89. The van der Waals surface area contributed by atoms with E-state index in [0.29, 0.717) is 18.5 Å². The second kappa shape index (κ2) is 11.0. The van der Waals surface area contributed by atoms with Gasteiger partial charge in [-0.2, -0.15) is 0 Å². The molecule has 0 spiro atoms. The van der Waals surface area contributed by atoms with Crippen molar-refractivity contribution in [1.82, 2.24) is 15.5 Å². The van der Waals surface area contributed by atoms with Gasteiger partial charge in [-0.15, -0.1) is 0 Å². The number of likely N-dealkylation sites (tertiary alicyclic amines) is 1. The number of benzene rings is 1. The largest absolute Gasteiger partial charge is 0.356 e. The number of hydrogen-bond donors (Lipinski definition) is 2. The molecule has 26 heavy (non-hydrogen) atoms. The zero-order valence-corrected chi connectivity index (χ0v) is 16.5. The van der Waals surface area contributed by atoms with Gasteiger partial charge in [-0.3, -0.25) is 14.4 Å². The van der Waals surface area contributed by atoms with E-state index in [4.69, 9.17) is 0 Å². The topological polar surface area (TPSA) is 78.5 Å². The molecule has 0 saturated carbocycles. The Morgan fingerprint density at radius 1 is 0.885 bits per heavy atom. The number of carbonyl (C=O) groups is 3. The maximum Gasteiger partial charge on any atom is 0.251 e. The van der Waals surface area contributed by atoms with Crippen molar-refractivity contribution < 1.29 is 14.4 Å². The molecule has 0 unspecified atom stereocenters. The molecule has 2 rings (SSSR count). The van der Waals surface area contributed by atoms with Gasteiger partial charge in [0.2, 0.25) is 11.8 Å². The monoisotopic (exact) mass is 423 g/mol. The molecular weight excluding hydrogens is 398 g/mol. The van der Waals surface area contributed by atoms with Crippen LogP contribution in [0.4, 0.5) is 0 Å². The van der Waals surface area contributed by atoms with E-state index in [1.54, 1.807) is 24.3 Å². The Hall–Kier alpha value is -1.89. The lowest BCUT2D eigenvalue weighted by Crippen LogP contribution is -2.36. The van der Waals surface area contributed by atoms with Crippen molar-refractivity contribution >= 4 is 33.7 Å². The fourth-order valence-corrected chi connectivity index (χ4v) is 3.13. The Morgan fingerprint density at radius 3 is 2.15 bits per heavy atom. The lowest BCUT2D eigenvalue weighted by Gasteiger charge is -2.20. The van der Waals surface area contributed by atoms with E-state index in [9.17, 15) is 14.4 Å². The second-order valence-electron chi connectivity index (χ2n) is 6.41. The van der Waals surface area contributed by atoms with Crippen LogP contribution in [0.25, 0.3) is 0 Å². The van der Waals surface area contributed by atoms with Crippen molar-refractivity contribution in [1.29, 1.82) is 0 Å². The predicted molar refractivity (Wildman–Crippen MR) is 104 cm³/mol. The molecule has 6 nitrogen and oxygen atoms in total. The first-order chi connectivity index (χ1) is 12.6. The summed E-state index contributed by atoms with van der Waals surface area (Å²) in [5.41, 5.74) is 0.552. The molecule has 1 aromatic rings. The number of nitrogens with zero attached hydrogens (tertiary/aromatic N) is 1. The van der Waals surface area contributed by atoms with E-state index in [1.807, 2.05) is 4.90 Å². The number of rotatable bonds is 7. The van der Waals surface area contributed by atoms with Gasteiger partial charge in [-0.25, -0.2) is 0 Å². The Kier molecular flexibility index (Phi) is 8.61. The molecule has 1 aliphatic heterocycles. The van der Waals surface area contributed by atoms with E-state index in [-0.39, 0.29) is 30.7 Å². The highest BCUT2D eigenvalue weighted by Crippen LogP contribution is 2.11. The summed E-state index contributed by atoms with van der Waals surface area (Å²) in [4.78, 5) is 37.8. The van der Waals surface area contributed by atoms with Gasteiger partial charge >= 0.3 is 0 Å². The van der Waals surface area contributed by atoms with Gasteiger partial charge in [-0.05, 0) is 37.1 Å². The summed E-state index contributed by atoms with van der Waals surface area (Å²) in [5.74, 6) is -0.262. The van der Waals surface area contributed by atoms with Gasteiger partial charge in [-0.1, -0.05) is 28.8 Å². The molecule has 0 aromatic heterocycles. The standard InChI is InChI=1S/C19H26BrN3O3/c20-16-7-5-15(6-8-16)19(26)22-11-9-17(24)21-12-10-18(25)23-13-3-1-2-4-14-23/h5-8H,1-4,9-14H2,(H,21,24)(H,22,26). The molecule has 0 aliphatic carbocycles. The zero-order valence-electron chi connectivity index (χ0n) is 14.9. The lowest BCUT2D eigenvalue weighted by molar-refractivity contribution is -0.131. The third kappa shape index (κ3) is 7.15. The van der Waals surface area contributed by atoms with E-state index in [1.165, 1.54) is 12.8 Å². The summed E-state index contributed by atoms with van der Waals surface area (Å²) in [5, 5.41) is 5.46. The van der Waals surface area contributed by atoms with Crippen LogP contribution in [0.5, 0.6) is 0 Å². The van der Waals surface area contributed by atoms with Gasteiger partial charge in [0, 0.05) is 49.1 Å². The molecule has 0 radical (unpaired) electrons. The lowest BCUT2D eigenvalue weighted by atomic mass is 10.2. The summed E-state index contributed by atoms with van der Waals surface area (Å²) in [6.45, 7) is 2.26. The minimum absolute atomic E-state index is 0.107. The number of halogens is 1. The zero-order chi connectivity index (χ0) is 18.8. The average Bonchev–Trinajstić information content (AvgIpc) is 2.91. The molecule has 7 heteroatoms. The number of amides is 3. The van der Waals surface area contributed by atoms with E-state index in [0.717, 1.165) is 30.4 Å². The highest BCUT2D eigenvalue weighted by molar-refractivity contribution is 9.10. The number of nitrogens with one attached hydrogen (secondary N) is 2. The van der Waals surface area contributed by atoms with E-state index < -0.39 is 0 Å².